The van der Waals surface area contributed by atoms with Crippen molar-refractivity contribution in [1.29, 1.82) is 0 Å². The number of nitrogens with zero attached hydrogens (tertiary/aromatic N) is 1. The zero-order valence-corrected chi connectivity index (χ0v) is 16.5. The van der Waals surface area contributed by atoms with Crippen LogP contribution >= 0.6 is 0 Å². The first-order valence-corrected chi connectivity index (χ1v) is 9.34. The minimum absolute atomic E-state index is 0.0432. The average molecular weight is 394 g/mol. The smallest absolute Gasteiger partial charge is 0.338 e. The molecule has 0 radical (unpaired) electrons. The number of esters is 1. The monoisotopic (exact) mass is 394 g/mol. The normalized spacial score (nSPS) is 14.0. The molecule has 2 aromatic carbocycles. The Morgan fingerprint density at radius 2 is 1.59 bits per heavy atom. The molecule has 1 N–H and O–H groups in total. The minimum Gasteiger partial charge on any atom is -0.452 e. The van der Waals surface area contributed by atoms with E-state index in [0.717, 1.165) is 4.90 Å². The number of hydrogen-bond donors (Lipinski definition) is 1. The number of fused-ring (bicyclic) bond motifs is 1. The van der Waals surface area contributed by atoms with Gasteiger partial charge >= 0.3 is 5.97 Å². The fourth-order valence-electron chi connectivity index (χ4n) is 2.87. The summed E-state index contributed by atoms with van der Waals surface area (Å²) in [5.41, 5.74) is 1.05. The van der Waals surface area contributed by atoms with Gasteiger partial charge in [-0.3, -0.25) is 14.4 Å². The van der Waals surface area contributed by atoms with E-state index in [1.165, 1.54) is 12.1 Å². The minimum atomic E-state index is -0.712. The van der Waals surface area contributed by atoms with Gasteiger partial charge in [0.25, 0.3) is 17.7 Å². The highest BCUT2D eigenvalue weighted by molar-refractivity contribution is 6.34. The molecule has 7 heteroatoms. The summed E-state index contributed by atoms with van der Waals surface area (Å²) in [5, 5.41) is 2.75. The maximum Gasteiger partial charge on any atom is 0.338 e. The Labute approximate surface area is 168 Å². The molecule has 7 nitrogen and oxygen atoms in total. The molecule has 150 valence electrons. The second-order valence-electron chi connectivity index (χ2n) is 7.22. The molecule has 0 saturated carbocycles. The number of ether oxygens (including phenoxy) is 1. The number of hydrogen-bond acceptors (Lipinski definition) is 5. The maximum atomic E-state index is 12.6. The third kappa shape index (κ3) is 4.18. The van der Waals surface area contributed by atoms with Crippen molar-refractivity contribution in [1.82, 2.24) is 5.32 Å². The molecule has 0 aliphatic carbocycles. The van der Waals surface area contributed by atoms with Crippen LogP contribution in [0.4, 0.5) is 5.69 Å². The highest BCUT2D eigenvalue weighted by atomic mass is 16.5. The van der Waals surface area contributed by atoms with Gasteiger partial charge in [-0.05, 0) is 43.2 Å². The van der Waals surface area contributed by atoms with E-state index in [-0.39, 0.29) is 23.2 Å². The SMILES string of the molecule is CC(C)C(C)NC(=O)COC(=O)c1cccc(N2C(=O)c3ccccc3C2=O)c1. The number of carbonyl (C=O) groups excluding carboxylic acids is 4. The van der Waals surface area contributed by atoms with Crippen LogP contribution in [-0.2, 0) is 9.53 Å². The molecule has 0 fully saturated rings. The van der Waals surface area contributed by atoms with Crippen molar-refractivity contribution in [2.45, 2.75) is 26.8 Å². The first-order valence-electron chi connectivity index (χ1n) is 9.34. The van der Waals surface area contributed by atoms with Crippen LogP contribution in [0.15, 0.2) is 48.5 Å². The Morgan fingerprint density at radius 3 is 2.17 bits per heavy atom. The lowest BCUT2D eigenvalue weighted by molar-refractivity contribution is -0.125. The van der Waals surface area contributed by atoms with Gasteiger partial charge in [0.2, 0.25) is 0 Å². The molecule has 0 aromatic heterocycles. The van der Waals surface area contributed by atoms with Crippen LogP contribution in [0.5, 0.6) is 0 Å². The molecule has 0 spiro atoms. The van der Waals surface area contributed by atoms with E-state index in [9.17, 15) is 19.2 Å². The van der Waals surface area contributed by atoms with Crippen LogP contribution in [-0.4, -0.2) is 36.3 Å². The summed E-state index contributed by atoms with van der Waals surface area (Å²) >= 11 is 0. The van der Waals surface area contributed by atoms with Gasteiger partial charge < -0.3 is 10.1 Å². The van der Waals surface area contributed by atoms with E-state index in [0.29, 0.717) is 11.1 Å². The number of benzene rings is 2. The molecule has 1 atom stereocenters. The lowest BCUT2D eigenvalue weighted by atomic mass is 10.1. The van der Waals surface area contributed by atoms with Crippen molar-refractivity contribution in [2.75, 3.05) is 11.5 Å². The van der Waals surface area contributed by atoms with Gasteiger partial charge in [0, 0.05) is 6.04 Å². The largest absolute Gasteiger partial charge is 0.452 e. The standard InChI is InChI=1S/C22H22N2O5/c1-13(2)14(3)23-19(25)12-29-22(28)15-7-6-8-16(11-15)24-20(26)17-9-4-5-10-18(17)21(24)27/h4-11,13-14H,12H2,1-3H3,(H,23,25). The molecule has 3 rings (SSSR count). The predicted molar refractivity (Wildman–Crippen MR) is 107 cm³/mol. The van der Waals surface area contributed by atoms with E-state index in [1.54, 1.807) is 36.4 Å². The Kier molecular flexibility index (Phi) is 5.77. The average Bonchev–Trinajstić information content (AvgIpc) is 2.97. The van der Waals surface area contributed by atoms with E-state index >= 15 is 0 Å². The zero-order valence-electron chi connectivity index (χ0n) is 16.5. The van der Waals surface area contributed by atoms with E-state index in [4.69, 9.17) is 4.74 Å². The molecular weight excluding hydrogens is 372 g/mol. The van der Waals surface area contributed by atoms with Gasteiger partial charge in [-0.15, -0.1) is 0 Å². The maximum absolute atomic E-state index is 12.6. The second-order valence-corrected chi connectivity index (χ2v) is 7.22. The summed E-state index contributed by atoms with van der Waals surface area (Å²) in [4.78, 5) is 50.4. The van der Waals surface area contributed by atoms with Gasteiger partial charge in [-0.25, -0.2) is 9.69 Å². The molecule has 2 aromatic rings. The number of amides is 3. The Bertz CT molecular complexity index is 948. The van der Waals surface area contributed by atoms with Crippen LogP contribution in [0, 0.1) is 5.92 Å². The lowest BCUT2D eigenvalue weighted by Crippen LogP contribution is -2.38. The van der Waals surface area contributed by atoms with Crippen molar-refractivity contribution >= 4 is 29.4 Å². The van der Waals surface area contributed by atoms with E-state index < -0.39 is 30.3 Å². The molecule has 1 unspecified atom stereocenters. The number of carbonyl (C=O) groups is 4. The molecule has 3 amide bonds. The summed E-state index contributed by atoms with van der Waals surface area (Å²) in [7, 11) is 0. The topological polar surface area (TPSA) is 92.8 Å². The molecular formula is C22H22N2O5. The summed E-state index contributed by atoms with van der Waals surface area (Å²) in [6.07, 6.45) is 0. The lowest BCUT2D eigenvalue weighted by Gasteiger charge is -2.17. The van der Waals surface area contributed by atoms with Gasteiger partial charge in [-0.1, -0.05) is 32.0 Å². The van der Waals surface area contributed by atoms with Crippen molar-refractivity contribution in [3.63, 3.8) is 0 Å². The Balaban J connectivity index is 1.70. The number of imide groups is 1. The quantitative estimate of drug-likeness (QED) is 0.601. The summed E-state index contributed by atoms with van der Waals surface area (Å²) < 4.78 is 5.06. The van der Waals surface area contributed by atoms with Crippen LogP contribution in [0.3, 0.4) is 0 Å². The van der Waals surface area contributed by atoms with Gasteiger partial charge in [0.05, 0.1) is 22.4 Å². The van der Waals surface area contributed by atoms with E-state index in [1.807, 2.05) is 20.8 Å². The van der Waals surface area contributed by atoms with Crippen molar-refractivity contribution in [2.24, 2.45) is 5.92 Å². The van der Waals surface area contributed by atoms with Gasteiger partial charge in [0.15, 0.2) is 6.61 Å². The van der Waals surface area contributed by atoms with Crippen molar-refractivity contribution < 1.29 is 23.9 Å². The predicted octanol–water partition coefficient (Wildman–Crippen LogP) is 2.80. The van der Waals surface area contributed by atoms with Crippen molar-refractivity contribution in [3.05, 3.63) is 65.2 Å². The van der Waals surface area contributed by atoms with Gasteiger partial charge in [0.1, 0.15) is 0 Å². The van der Waals surface area contributed by atoms with Crippen LogP contribution in [0.1, 0.15) is 51.8 Å². The molecule has 0 saturated heterocycles. The van der Waals surface area contributed by atoms with Crippen molar-refractivity contribution in [3.8, 4) is 0 Å². The number of nitrogens with one attached hydrogen (secondary N) is 1. The third-order valence-electron chi connectivity index (χ3n) is 4.86. The first-order chi connectivity index (χ1) is 13.8. The zero-order chi connectivity index (χ0) is 21.1. The molecule has 1 heterocycles. The van der Waals surface area contributed by atoms with Crippen LogP contribution in [0.25, 0.3) is 0 Å². The second kappa shape index (κ2) is 8.26. The van der Waals surface area contributed by atoms with Crippen LogP contribution < -0.4 is 10.2 Å². The van der Waals surface area contributed by atoms with Gasteiger partial charge in [-0.2, -0.15) is 0 Å². The first kappa shape index (κ1) is 20.3. The summed E-state index contributed by atoms with van der Waals surface area (Å²) in [5.74, 6) is -1.74. The Morgan fingerprint density at radius 1 is 0.966 bits per heavy atom. The Hall–Kier alpha value is -3.48. The molecule has 1 aliphatic rings. The van der Waals surface area contributed by atoms with Crippen LogP contribution in [0.2, 0.25) is 0 Å². The highest BCUT2D eigenvalue weighted by Crippen LogP contribution is 2.28. The summed E-state index contributed by atoms with van der Waals surface area (Å²) in [6.45, 7) is 5.41. The highest BCUT2D eigenvalue weighted by Gasteiger charge is 2.36. The summed E-state index contributed by atoms with van der Waals surface area (Å²) in [6, 6.07) is 12.5. The molecule has 0 bridgehead atoms. The molecule has 29 heavy (non-hydrogen) atoms. The fraction of sp³-hybridized carbons (Fsp3) is 0.273. The molecule has 1 aliphatic heterocycles. The number of rotatable bonds is 6. The fourth-order valence-corrected chi connectivity index (χ4v) is 2.87. The third-order valence-corrected chi connectivity index (χ3v) is 4.86. The van der Waals surface area contributed by atoms with E-state index in [2.05, 4.69) is 5.32 Å². The number of anilines is 1.